The van der Waals surface area contributed by atoms with Gasteiger partial charge in [-0.1, -0.05) is 80.4 Å². The summed E-state index contributed by atoms with van der Waals surface area (Å²) >= 11 is 0. The molecule has 0 fully saturated rings. The number of aliphatic hydroxyl groups excluding tert-OH is 1. The van der Waals surface area contributed by atoms with Crippen molar-refractivity contribution in [3.05, 3.63) is 89.5 Å². The zero-order valence-corrected chi connectivity index (χ0v) is 20.4. The number of para-hydroxylation sites is 3. The van der Waals surface area contributed by atoms with Crippen LogP contribution in [0.4, 0.5) is 17.3 Å². The van der Waals surface area contributed by atoms with Gasteiger partial charge < -0.3 is 15.7 Å². The molecule has 0 bridgehead atoms. The molecule has 0 spiro atoms. The largest absolute Gasteiger partial charge is 0.396 e. The normalized spacial score (nSPS) is 9.88. The standard InChI is InChI=1S/C16H16N4.C9H12O.C3H8/c1-11-7-3-4-8-12(11)18-16-15(17-2)19-13-9-5-6-10-14(13)20-16;1-8-2-4-9(5-3-8)6-7-10;1-3-2/h3-10H,1-2H3,(H,17,19)(H,18,20);2-5,10H,6-7H2,1H3;3H2,1-2H3. The van der Waals surface area contributed by atoms with Crippen LogP contribution in [0.1, 0.15) is 37.0 Å². The Morgan fingerprint density at radius 3 is 1.85 bits per heavy atom. The molecule has 0 saturated heterocycles. The van der Waals surface area contributed by atoms with Crippen LogP contribution in [-0.2, 0) is 6.42 Å². The van der Waals surface area contributed by atoms with Gasteiger partial charge in [0.2, 0.25) is 0 Å². The van der Waals surface area contributed by atoms with E-state index in [0.717, 1.165) is 34.8 Å². The smallest absolute Gasteiger partial charge is 0.174 e. The van der Waals surface area contributed by atoms with Gasteiger partial charge in [0, 0.05) is 19.3 Å². The minimum atomic E-state index is 0.239. The summed E-state index contributed by atoms with van der Waals surface area (Å²) in [5.74, 6) is 1.48. The van der Waals surface area contributed by atoms with E-state index in [9.17, 15) is 0 Å². The molecule has 0 radical (unpaired) electrons. The van der Waals surface area contributed by atoms with Gasteiger partial charge in [-0.15, -0.1) is 0 Å². The molecule has 3 N–H and O–H groups in total. The predicted octanol–water partition coefficient (Wildman–Crippen LogP) is 6.67. The lowest BCUT2D eigenvalue weighted by molar-refractivity contribution is 0.299. The SMILES string of the molecule is CCC.CNc1nc2ccccc2nc1Nc1ccccc1C.Cc1ccc(CCO)cc1. The van der Waals surface area contributed by atoms with Crippen LogP contribution >= 0.6 is 0 Å². The maximum atomic E-state index is 8.59. The van der Waals surface area contributed by atoms with Gasteiger partial charge in [-0.2, -0.15) is 0 Å². The van der Waals surface area contributed by atoms with Crippen molar-refractivity contribution in [1.82, 2.24) is 9.97 Å². The Balaban J connectivity index is 0.000000249. The Bertz CT molecular complexity index is 1110. The monoisotopic (exact) mass is 444 g/mol. The van der Waals surface area contributed by atoms with Gasteiger partial charge in [0.1, 0.15) is 0 Å². The molecule has 174 valence electrons. The zero-order chi connectivity index (χ0) is 24.1. The van der Waals surface area contributed by atoms with Crippen molar-refractivity contribution < 1.29 is 5.11 Å². The number of hydrogen-bond acceptors (Lipinski definition) is 5. The van der Waals surface area contributed by atoms with Crippen LogP contribution in [-0.4, -0.2) is 28.7 Å². The maximum absolute atomic E-state index is 8.59. The summed E-state index contributed by atoms with van der Waals surface area (Å²) < 4.78 is 0. The summed E-state index contributed by atoms with van der Waals surface area (Å²) in [6.07, 6.45) is 2.01. The second-order valence-corrected chi connectivity index (χ2v) is 7.77. The fraction of sp³-hybridized carbons (Fsp3) is 0.286. The lowest BCUT2D eigenvalue weighted by Gasteiger charge is -2.12. The van der Waals surface area contributed by atoms with Gasteiger partial charge >= 0.3 is 0 Å². The number of benzene rings is 3. The van der Waals surface area contributed by atoms with Crippen molar-refractivity contribution in [2.45, 2.75) is 40.5 Å². The summed E-state index contributed by atoms with van der Waals surface area (Å²) in [5.41, 5.74) is 6.43. The summed E-state index contributed by atoms with van der Waals surface area (Å²) in [7, 11) is 1.85. The molecule has 4 rings (SSSR count). The van der Waals surface area contributed by atoms with E-state index in [2.05, 4.69) is 66.5 Å². The number of anilines is 3. The van der Waals surface area contributed by atoms with Crippen molar-refractivity contribution in [2.24, 2.45) is 0 Å². The van der Waals surface area contributed by atoms with Crippen LogP contribution in [0.3, 0.4) is 0 Å². The van der Waals surface area contributed by atoms with Gasteiger partial charge in [-0.05, 0) is 49.6 Å². The molecule has 4 aromatic rings. The summed E-state index contributed by atoms with van der Waals surface area (Å²) in [6, 6.07) is 24.2. The molecule has 0 unspecified atom stereocenters. The van der Waals surface area contributed by atoms with Crippen LogP contribution in [0.25, 0.3) is 11.0 Å². The molecule has 33 heavy (non-hydrogen) atoms. The van der Waals surface area contributed by atoms with Gasteiger partial charge in [0.15, 0.2) is 11.6 Å². The molecule has 1 heterocycles. The van der Waals surface area contributed by atoms with Crippen LogP contribution < -0.4 is 10.6 Å². The number of nitrogens with one attached hydrogen (secondary N) is 2. The number of rotatable bonds is 5. The van der Waals surface area contributed by atoms with E-state index < -0.39 is 0 Å². The van der Waals surface area contributed by atoms with Gasteiger partial charge in [0.05, 0.1) is 11.0 Å². The van der Waals surface area contributed by atoms with E-state index in [0.29, 0.717) is 0 Å². The van der Waals surface area contributed by atoms with Crippen LogP contribution in [0.2, 0.25) is 0 Å². The van der Waals surface area contributed by atoms with Crippen molar-refractivity contribution in [2.75, 3.05) is 24.3 Å². The third-order valence-electron chi connectivity index (χ3n) is 4.73. The fourth-order valence-electron chi connectivity index (χ4n) is 2.99. The molecule has 1 aromatic heterocycles. The zero-order valence-electron chi connectivity index (χ0n) is 20.4. The Kier molecular flexibility index (Phi) is 10.8. The lowest BCUT2D eigenvalue weighted by Crippen LogP contribution is -2.03. The molecule has 0 amide bonds. The highest BCUT2D eigenvalue weighted by atomic mass is 16.2. The third-order valence-corrected chi connectivity index (χ3v) is 4.73. The van der Waals surface area contributed by atoms with Gasteiger partial charge in [0.25, 0.3) is 0 Å². The average Bonchev–Trinajstić information content (AvgIpc) is 2.83. The Morgan fingerprint density at radius 1 is 0.758 bits per heavy atom. The molecule has 0 atom stereocenters. The first-order valence-corrected chi connectivity index (χ1v) is 11.5. The van der Waals surface area contributed by atoms with Crippen molar-refractivity contribution in [1.29, 1.82) is 0 Å². The first kappa shape index (κ1) is 25.8. The third kappa shape index (κ3) is 8.20. The second kappa shape index (κ2) is 13.9. The fourth-order valence-corrected chi connectivity index (χ4v) is 2.99. The number of aromatic nitrogens is 2. The summed E-state index contributed by atoms with van der Waals surface area (Å²) in [5, 5.41) is 15.0. The first-order valence-electron chi connectivity index (χ1n) is 11.5. The molecule has 0 aliphatic rings. The first-order chi connectivity index (χ1) is 16.0. The molecule has 0 aliphatic carbocycles. The minimum Gasteiger partial charge on any atom is -0.396 e. The highest BCUT2D eigenvalue weighted by molar-refractivity contribution is 5.81. The van der Waals surface area contributed by atoms with Crippen molar-refractivity contribution in [3.63, 3.8) is 0 Å². The molecular formula is C28H36N4O. The van der Waals surface area contributed by atoms with Crippen LogP contribution in [0.15, 0.2) is 72.8 Å². The Labute approximate surface area is 197 Å². The number of fused-ring (bicyclic) bond motifs is 1. The van der Waals surface area contributed by atoms with Crippen LogP contribution in [0.5, 0.6) is 0 Å². The number of nitrogens with zero attached hydrogens (tertiary/aromatic N) is 2. The summed E-state index contributed by atoms with van der Waals surface area (Å²) in [6.45, 7) is 8.61. The topological polar surface area (TPSA) is 70.1 Å². The Hall–Kier alpha value is -3.44. The number of aliphatic hydroxyl groups is 1. The second-order valence-electron chi connectivity index (χ2n) is 7.77. The highest BCUT2D eigenvalue weighted by Crippen LogP contribution is 2.25. The molecule has 0 saturated carbocycles. The number of hydrogen-bond donors (Lipinski definition) is 3. The van der Waals surface area contributed by atoms with Gasteiger partial charge in [-0.25, -0.2) is 9.97 Å². The summed E-state index contributed by atoms with van der Waals surface area (Å²) in [4.78, 5) is 9.23. The average molecular weight is 445 g/mol. The molecule has 5 nitrogen and oxygen atoms in total. The number of aryl methyl sites for hydroxylation is 2. The van der Waals surface area contributed by atoms with Crippen molar-refractivity contribution >= 4 is 28.4 Å². The van der Waals surface area contributed by atoms with E-state index in [1.807, 2.05) is 61.6 Å². The minimum absolute atomic E-state index is 0.239. The predicted molar refractivity (Wildman–Crippen MR) is 141 cm³/mol. The maximum Gasteiger partial charge on any atom is 0.174 e. The van der Waals surface area contributed by atoms with Gasteiger partial charge in [-0.3, -0.25) is 0 Å². The molecular weight excluding hydrogens is 408 g/mol. The highest BCUT2D eigenvalue weighted by Gasteiger charge is 2.08. The lowest BCUT2D eigenvalue weighted by atomic mass is 10.1. The van der Waals surface area contributed by atoms with E-state index >= 15 is 0 Å². The molecule has 0 aliphatic heterocycles. The van der Waals surface area contributed by atoms with Crippen LogP contribution in [0, 0.1) is 13.8 Å². The van der Waals surface area contributed by atoms with Crippen molar-refractivity contribution in [3.8, 4) is 0 Å². The molecule has 3 aromatic carbocycles. The Morgan fingerprint density at radius 2 is 1.30 bits per heavy atom. The quantitative estimate of drug-likeness (QED) is 0.321. The van der Waals surface area contributed by atoms with E-state index in [1.165, 1.54) is 23.1 Å². The van der Waals surface area contributed by atoms with E-state index in [1.54, 1.807) is 0 Å². The van der Waals surface area contributed by atoms with E-state index in [-0.39, 0.29) is 6.61 Å². The van der Waals surface area contributed by atoms with E-state index in [4.69, 9.17) is 5.11 Å². The molecule has 5 heteroatoms.